The van der Waals surface area contributed by atoms with Crippen molar-refractivity contribution in [1.29, 1.82) is 0 Å². The Bertz CT molecular complexity index is 499. The Hall–Kier alpha value is -1.66. The number of anilines is 1. The summed E-state index contributed by atoms with van der Waals surface area (Å²) in [6, 6.07) is 3.74. The second kappa shape index (κ2) is 5.99. The number of pyridine rings is 1. The van der Waals surface area contributed by atoms with E-state index in [0.717, 1.165) is 18.5 Å². The average molecular weight is 291 g/mol. The second-order valence-corrected chi connectivity index (χ2v) is 5.68. The number of carbonyl (C=O) groups excluding carboxylic acids is 1. The Kier molecular flexibility index (Phi) is 4.07. The van der Waals surface area contributed by atoms with Gasteiger partial charge in [-0.05, 0) is 31.9 Å². The number of morpholine rings is 1. The maximum Gasteiger partial charge on any atom is 0.245 e. The lowest BCUT2D eigenvalue weighted by Gasteiger charge is -2.36. The number of amides is 1. The first kappa shape index (κ1) is 14.3. The molecule has 1 saturated carbocycles. The molecule has 2 heterocycles. The van der Waals surface area contributed by atoms with E-state index in [-0.39, 0.29) is 11.9 Å². The lowest BCUT2D eigenvalue weighted by molar-refractivity contribution is -0.124. The van der Waals surface area contributed by atoms with Crippen LogP contribution in [0.3, 0.4) is 0 Å². The summed E-state index contributed by atoms with van der Waals surface area (Å²) in [7, 11) is 0. The molecule has 0 spiro atoms. The van der Waals surface area contributed by atoms with E-state index in [9.17, 15) is 9.90 Å². The molecule has 2 N–H and O–H groups in total. The molecule has 1 amide bonds. The normalized spacial score (nSPS) is 23.7. The summed E-state index contributed by atoms with van der Waals surface area (Å²) in [5.74, 6) is 0.0248. The smallest absolute Gasteiger partial charge is 0.245 e. The van der Waals surface area contributed by atoms with E-state index < -0.39 is 6.10 Å². The fraction of sp³-hybridized carbons (Fsp3) is 0.600. The quantitative estimate of drug-likeness (QED) is 0.850. The monoisotopic (exact) mass is 291 g/mol. The average Bonchev–Trinajstić information content (AvgIpc) is 3.31. The minimum absolute atomic E-state index is 0.0248. The predicted molar refractivity (Wildman–Crippen MR) is 78.0 cm³/mol. The Morgan fingerprint density at radius 2 is 2.33 bits per heavy atom. The van der Waals surface area contributed by atoms with E-state index in [0.29, 0.717) is 31.5 Å². The molecule has 1 aromatic rings. The van der Waals surface area contributed by atoms with Crippen LogP contribution in [-0.4, -0.2) is 47.8 Å². The third-order valence-corrected chi connectivity index (χ3v) is 3.89. The number of ether oxygens (including phenoxy) is 1. The van der Waals surface area contributed by atoms with E-state index in [2.05, 4.69) is 10.3 Å². The van der Waals surface area contributed by atoms with Gasteiger partial charge >= 0.3 is 0 Å². The van der Waals surface area contributed by atoms with Crippen molar-refractivity contribution < 1.29 is 14.6 Å². The van der Waals surface area contributed by atoms with Crippen LogP contribution in [0, 0.1) is 0 Å². The summed E-state index contributed by atoms with van der Waals surface area (Å²) in [5, 5.41) is 12.5. The summed E-state index contributed by atoms with van der Waals surface area (Å²) in [4.78, 5) is 18.6. The zero-order chi connectivity index (χ0) is 14.8. The number of rotatable bonds is 4. The van der Waals surface area contributed by atoms with Gasteiger partial charge in [0.05, 0.1) is 36.9 Å². The molecule has 2 aliphatic rings. The largest absolute Gasteiger partial charge is 0.387 e. The molecule has 2 fully saturated rings. The van der Waals surface area contributed by atoms with Gasteiger partial charge in [0.1, 0.15) is 6.04 Å². The molecule has 3 rings (SSSR count). The van der Waals surface area contributed by atoms with Crippen LogP contribution in [-0.2, 0) is 9.53 Å². The van der Waals surface area contributed by atoms with Gasteiger partial charge in [0, 0.05) is 12.6 Å². The Morgan fingerprint density at radius 3 is 2.95 bits per heavy atom. The second-order valence-electron chi connectivity index (χ2n) is 5.68. The zero-order valence-electron chi connectivity index (χ0n) is 12.2. The van der Waals surface area contributed by atoms with Crippen molar-refractivity contribution in [3.8, 4) is 0 Å². The van der Waals surface area contributed by atoms with Crippen LogP contribution in [0.1, 0.15) is 31.6 Å². The van der Waals surface area contributed by atoms with E-state index in [1.165, 1.54) is 0 Å². The highest BCUT2D eigenvalue weighted by molar-refractivity contribution is 5.86. The third kappa shape index (κ3) is 3.33. The van der Waals surface area contributed by atoms with E-state index >= 15 is 0 Å². The molecular weight excluding hydrogens is 270 g/mol. The standard InChI is InChI=1S/C15H21N3O3/c1-10(19)13-5-4-12(8-16-13)18-6-7-21-9-14(18)15(20)17-11-2-3-11/h4-5,8,10-11,14,19H,2-3,6-7,9H2,1H3,(H,17,20)/t10-,14?/m0/s1. The van der Waals surface area contributed by atoms with Crippen molar-refractivity contribution in [3.63, 3.8) is 0 Å². The van der Waals surface area contributed by atoms with Crippen LogP contribution in [0.15, 0.2) is 18.3 Å². The van der Waals surface area contributed by atoms with Gasteiger partial charge in [-0.3, -0.25) is 9.78 Å². The number of nitrogens with one attached hydrogen (secondary N) is 1. The van der Waals surface area contributed by atoms with Gasteiger partial charge in [0.2, 0.25) is 5.91 Å². The predicted octanol–water partition coefficient (Wildman–Crippen LogP) is 0.619. The highest BCUT2D eigenvalue weighted by Gasteiger charge is 2.33. The fourth-order valence-electron chi connectivity index (χ4n) is 2.47. The van der Waals surface area contributed by atoms with Crippen molar-refractivity contribution in [3.05, 3.63) is 24.0 Å². The number of aromatic nitrogens is 1. The minimum Gasteiger partial charge on any atom is -0.387 e. The number of aliphatic hydroxyl groups is 1. The van der Waals surface area contributed by atoms with Gasteiger partial charge < -0.3 is 20.1 Å². The molecule has 6 nitrogen and oxygen atoms in total. The van der Waals surface area contributed by atoms with Gasteiger partial charge in [-0.1, -0.05) is 0 Å². The van der Waals surface area contributed by atoms with Crippen molar-refractivity contribution in [2.24, 2.45) is 0 Å². The van der Waals surface area contributed by atoms with Gasteiger partial charge in [-0.15, -0.1) is 0 Å². The van der Waals surface area contributed by atoms with Crippen molar-refractivity contribution in [2.75, 3.05) is 24.7 Å². The van der Waals surface area contributed by atoms with Crippen molar-refractivity contribution >= 4 is 11.6 Å². The van der Waals surface area contributed by atoms with Gasteiger partial charge in [-0.25, -0.2) is 0 Å². The molecule has 6 heteroatoms. The number of carbonyl (C=O) groups is 1. The van der Waals surface area contributed by atoms with Gasteiger partial charge in [0.15, 0.2) is 0 Å². The van der Waals surface area contributed by atoms with Crippen molar-refractivity contribution in [1.82, 2.24) is 10.3 Å². The van der Waals surface area contributed by atoms with E-state index in [1.807, 2.05) is 11.0 Å². The molecule has 1 aliphatic carbocycles. The van der Waals surface area contributed by atoms with E-state index in [4.69, 9.17) is 4.74 Å². The molecule has 1 aromatic heterocycles. The summed E-state index contributed by atoms with van der Waals surface area (Å²) in [5.41, 5.74) is 1.52. The lowest BCUT2D eigenvalue weighted by Crippen LogP contribution is -2.54. The fourth-order valence-corrected chi connectivity index (χ4v) is 2.47. The van der Waals surface area contributed by atoms with Crippen LogP contribution in [0.5, 0.6) is 0 Å². The molecule has 21 heavy (non-hydrogen) atoms. The molecule has 0 aromatic carbocycles. The Balaban J connectivity index is 1.74. The lowest BCUT2D eigenvalue weighted by atomic mass is 10.1. The van der Waals surface area contributed by atoms with Gasteiger partial charge in [0.25, 0.3) is 0 Å². The zero-order valence-corrected chi connectivity index (χ0v) is 12.2. The van der Waals surface area contributed by atoms with Crippen LogP contribution >= 0.6 is 0 Å². The Labute approximate surface area is 124 Å². The summed E-state index contributed by atoms with van der Waals surface area (Å²) >= 11 is 0. The summed E-state index contributed by atoms with van der Waals surface area (Å²) in [6.07, 6.45) is 3.27. The number of hydrogen-bond acceptors (Lipinski definition) is 5. The molecular formula is C15H21N3O3. The molecule has 114 valence electrons. The molecule has 2 atom stereocenters. The highest BCUT2D eigenvalue weighted by atomic mass is 16.5. The minimum atomic E-state index is -0.585. The molecule has 1 aliphatic heterocycles. The number of hydrogen-bond donors (Lipinski definition) is 2. The Morgan fingerprint density at radius 1 is 1.52 bits per heavy atom. The first-order valence-electron chi connectivity index (χ1n) is 7.44. The molecule has 1 saturated heterocycles. The van der Waals surface area contributed by atoms with E-state index in [1.54, 1.807) is 19.2 Å². The molecule has 1 unspecified atom stereocenters. The van der Waals surface area contributed by atoms with Gasteiger partial charge in [-0.2, -0.15) is 0 Å². The SMILES string of the molecule is C[C@H](O)c1ccc(N2CCOCC2C(=O)NC2CC2)cn1. The molecule has 0 radical (unpaired) electrons. The number of aliphatic hydroxyl groups excluding tert-OH is 1. The first-order chi connectivity index (χ1) is 10.1. The summed E-state index contributed by atoms with van der Waals surface area (Å²) < 4.78 is 5.46. The molecule has 0 bridgehead atoms. The number of nitrogens with zero attached hydrogens (tertiary/aromatic N) is 2. The van der Waals surface area contributed by atoms with Crippen LogP contribution < -0.4 is 10.2 Å². The highest BCUT2D eigenvalue weighted by Crippen LogP contribution is 2.23. The summed E-state index contributed by atoms with van der Waals surface area (Å²) in [6.45, 7) is 3.35. The van der Waals surface area contributed by atoms with Crippen LogP contribution in [0.4, 0.5) is 5.69 Å². The van der Waals surface area contributed by atoms with Crippen LogP contribution in [0.2, 0.25) is 0 Å². The van der Waals surface area contributed by atoms with Crippen molar-refractivity contribution in [2.45, 2.75) is 38.0 Å². The van der Waals surface area contributed by atoms with Crippen LogP contribution in [0.25, 0.3) is 0 Å². The third-order valence-electron chi connectivity index (χ3n) is 3.89. The maximum atomic E-state index is 12.3. The maximum absolute atomic E-state index is 12.3. The topological polar surface area (TPSA) is 74.7 Å². The first-order valence-corrected chi connectivity index (χ1v) is 7.44.